The first-order valence-electron chi connectivity index (χ1n) is 6.67. The Morgan fingerprint density at radius 3 is 2.73 bits per heavy atom. The number of Topliss-reactive ketones (excluding diaryl/α,β-unsaturated/α-hetero) is 1. The number of furan rings is 1. The standard InChI is InChI=1S/C17H16O5/c1-12-6-7-14(22-12)8-9-17(19)21-11-16(18)13-4-3-5-15(10-13)20-2/h3-10H,11H2,1-2H3/b9-8+. The molecule has 0 unspecified atom stereocenters. The number of carbonyl (C=O) groups excluding carboxylic acids is 2. The summed E-state index contributed by atoms with van der Waals surface area (Å²) in [6, 6.07) is 10.2. The zero-order valence-electron chi connectivity index (χ0n) is 12.4. The Morgan fingerprint density at radius 1 is 1.23 bits per heavy atom. The maximum absolute atomic E-state index is 11.9. The molecule has 5 nitrogen and oxygen atoms in total. The van der Waals surface area contributed by atoms with Crippen LogP contribution in [-0.4, -0.2) is 25.5 Å². The van der Waals surface area contributed by atoms with Crippen LogP contribution in [0.2, 0.25) is 0 Å². The molecule has 0 aliphatic rings. The third-order valence-corrected chi connectivity index (χ3v) is 2.88. The Hall–Kier alpha value is -2.82. The number of esters is 1. The minimum absolute atomic E-state index is 0.297. The van der Waals surface area contributed by atoms with Gasteiger partial charge < -0.3 is 13.9 Å². The molecule has 114 valence electrons. The summed E-state index contributed by atoms with van der Waals surface area (Å²) in [5.74, 6) is 0.972. The first kappa shape index (κ1) is 15.6. The predicted octanol–water partition coefficient (Wildman–Crippen LogP) is 3.04. The molecule has 0 radical (unpaired) electrons. The lowest BCUT2D eigenvalue weighted by Crippen LogP contribution is -2.12. The summed E-state index contributed by atoms with van der Waals surface area (Å²) in [6.07, 6.45) is 2.71. The highest BCUT2D eigenvalue weighted by molar-refractivity contribution is 5.99. The van der Waals surface area contributed by atoms with E-state index in [4.69, 9.17) is 13.9 Å². The van der Waals surface area contributed by atoms with E-state index in [1.54, 1.807) is 36.4 Å². The van der Waals surface area contributed by atoms with Gasteiger partial charge in [-0.3, -0.25) is 4.79 Å². The highest BCUT2D eigenvalue weighted by Gasteiger charge is 2.09. The Kier molecular flexibility index (Phi) is 5.14. The molecule has 2 rings (SSSR count). The summed E-state index contributed by atoms with van der Waals surface area (Å²) in [4.78, 5) is 23.5. The number of ether oxygens (including phenoxy) is 2. The van der Waals surface area contributed by atoms with Crippen molar-refractivity contribution >= 4 is 17.8 Å². The van der Waals surface area contributed by atoms with Gasteiger partial charge in [0.15, 0.2) is 12.4 Å². The number of hydrogen-bond acceptors (Lipinski definition) is 5. The van der Waals surface area contributed by atoms with Gasteiger partial charge in [-0.05, 0) is 37.3 Å². The molecule has 0 amide bonds. The largest absolute Gasteiger partial charge is 0.497 e. The van der Waals surface area contributed by atoms with Crippen molar-refractivity contribution in [3.8, 4) is 5.75 Å². The van der Waals surface area contributed by atoms with Crippen molar-refractivity contribution in [2.75, 3.05) is 13.7 Å². The maximum atomic E-state index is 11.9. The minimum Gasteiger partial charge on any atom is -0.497 e. The van der Waals surface area contributed by atoms with E-state index in [0.717, 1.165) is 5.76 Å². The molecular formula is C17H16O5. The number of aryl methyl sites for hydroxylation is 1. The van der Waals surface area contributed by atoms with Gasteiger partial charge in [-0.1, -0.05) is 12.1 Å². The van der Waals surface area contributed by atoms with Crippen LogP contribution in [0.25, 0.3) is 6.08 Å². The molecule has 5 heteroatoms. The Balaban J connectivity index is 1.87. The summed E-state index contributed by atoms with van der Waals surface area (Å²) in [5.41, 5.74) is 0.429. The lowest BCUT2D eigenvalue weighted by Gasteiger charge is -2.04. The summed E-state index contributed by atoms with van der Waals surface area (Å²) in [7, 11) is 1.52. The van der Waals surface area contributed by atoms with E-state index in [1.165, 1.54) is 19.3 Å². The predicted molar refractivity (Wildman–Crippen MR) is 80.8 cm³/mol. The van der Waals surface area contributed by atoms with Crippen molar-refractivity contribution in [2.24, 2.45) is 0 Å². The number of methoxy groups -OCH3 is 1. The monoisotopic (exact) mass is 300 g/mol. The quantitative estimate of drug-likeness (QED) is 0.466. The van der Waals surface area contributed by atoms with Crippen LogP contribution in [0.15, 0.2) is 46.9 Å². The number of rotatable bonds is 6. The topological polar surface area (TPSA) is 65.7 Å². The number of benzene rings is 1. The van der Waals surface area contributed by atoms with Crippen molar-refractivity contribution < 1.29 is 23.5 Å². The molecule has 2 aromatic rings. The highest BCUT2D eigenvalue weighted by Crippen LogP contribution is 2.13. The molecule has 0 atom stereocenters. The second-order valence-electron chi connectivity index (χ2n) is 4.54. The third-order valence-electron chi connectivity index (χ3n) is 2.88. The van der Waals surface area contributed by atoms with E-state index in [9.17, 15) is 9.59 Å². The van der Waals surface area contributed by atoms with Crippen molar-refractivity contribution in [1.82, 2.24) is 0 Å². The number of carbonyl (C=O) groups is 2. The van der Waals surface area contributed by atoms with Gasteiger partial charge in [0.2, 0.25) is 0 Å². The molecule has 0 aliphatic carbocycles. The first-order chi connectivity index (χ1) is 10.6. The van der Waals surface area contributed by atoms with Gasteiger partial charge >= 0.3 is 5.97 Å². The summed E-state index contributed by atoms with van der Waals surface area (Å²) in [5, 5.41) is 0. The molecule has 1 aromatic heterocycles. The van der Waals surface area contributed by atoms with Gasteiger partial charge in [-0.15, -0.1) is 0 Å². The van der Waals surface area contributed by atoms with Gasteiger partial charge in [0.05, 0.1) is 7.11 Å². The zero-order valence-corrected chi connectivity index (χ0v) is 12.4. The van der Waals surface area contributed by atoms with Crippen LogP contribution in [0.3, 0.4) is 0 Å². The van der Waals surface area contributed by atoms with E-state index in [2.05, 4.69) is 0 Å². The third kappa shape index (κ3) is 4.34. The smallest absolute Gasteiger partial charge is 0.331 e. The van der Waals surface area contributed by atoms with Crippen LogP contribution in [-0.2, 0) is 9.53 Å². The van der Waals surface area contributed by atoms with E-state index >= 15 is 0 Å². The Bertz CT molecular complexity index is 697. The van der Waals surface area contributed by atoms with Crippen molar-refractivity contribution in [3.05, 3.63) is 59.6 Å². The Labute approximate surface area is 128 Å². The average Bonchev–Trinajstić information content (AvgIpc) is 2.96. The van der Waals surface area contributed by atoms with E-state index in [-0.39, 0.29) is 12.4 Å². The van der Waals surface area contributed by atoms with Gasteiger partial charge in [-0.2, -0.15) is 0 Å². The fourth-order valence-corrected chi connectivity index (χ4v) is 1.76. The van der Waals surface area contributed by atoms with Crippen molar-refractivity contribution in [2.45, 2.75) is 6.92 Å². The summed E-state index contributed by atoms with van der Waals surface area (Å²) < 4.78 is 15.2. The fourth-order valence-electron chi connectivity index (χ4n) is 1.76. The van der Waals surface area contributed by atoms with Crippen LogP contribution in [0, 0.1) is 6.92 Å². The van der Waals surface area contributed by atoms with Crippen molar-refractivity contribution in [3.63, 3.8) is 0 Å². The molecular weight excluding hydrogens is 284 g/mol. The second kappa shape index (κ2) is 7.26. The molecule has 22 heavy (non-hydrogen) atoms. The van der Waals surface area contributed by atoms with E-state index < -0.39 is 5.97 Å². The molecule has 0 saturated heterocycles. The molecule has 0 N–H and O–H groups in total. The van der Waals surface area contributed by atoms with E-state index in [0.29, 0.717) is 17.1 Å². The summed E-state index contributed by atoms with van der Waals surface area (Å²) in [6.45, 7) is 1.48. The van der Waals surface area contributed by atoms with Crippen LogP contribution in [0.1, 0.15) is 21.9 Å². The maximum Gasteiger partial charge on any atom is 0.331 e. The molecule has 0 saturated carbocycles. The molecule has 0 spiro atoms. The lowest BCUT2D eigenvalue weighted by molar-refractivity contribution is -0.136. The minimum atomic E-state index is -0.606. The average molecular weight is 300 g/mol. The highest BCUT2D eigenvalue weighted by atomic mass is 16.5. The SMILES string of the molecule is COc1cccc(C(=O)COC(=O)/C=C/c2ccc(C)o2)c1. The number of hydrogen-bond donors (Lipinski definition) is 0. The first-order valence-corrected chi connectivity index (χ1v) is 6.67. The van der Waals surface area contributed by atoms with Gasteiger partial charge in [0.1, 0.15) is 17.3 Å². The van der Waals surface area contributed by atoms with Gasteiger partial charge in [0.25, 0.3) is 0 Å². The molecule has 0 fully saturated rings. The van der Waals surface area contributed by atoms with Gasteiger partial charge in [0, 0.05) is 11.6 Å². The lowest BCUT2D eigenvalue weighted by atomic mass is 10.1. The van der Waals surface area contributed by atoms with Crippen LogP contribution in [0.4, 0.5) is 0 Å². The normalized spacial score (nSPS) is 10.6. The van der Waals surface area contributed by atoms with Crippen LogP contribution < -0.4 is 4.74 Å². The summed E-state index contributed by atoms with van der Waals surface area (Å²) >= 11 is 0. The second-order valence-corrected chi connectivity index (χ2v) is 4.54. The van der Waals surface area contributed by atoms with Crippen LogP contribution >= 0.6 is 0 Å². The molecule has 1 heterocycles. The Morgan fingerprint density at radius 2 is 2.05 bits per heavy atom. The molecule has 0 aliphatic heterocycles. The number of ketones is 1. The molecule has 1 aromatic carbocycles. The molecule has 0 bridgehead atoms. The fraction of sp³-hybridized carbons (Fsp3) is 0.176. The van der Waals surface area contributed by atoms with Crippen LogP contribution in [0.5, 0.6) is 5.75 Å². The zero-order chi connectivity index (χ0) is 15.9. The van der Waals surface area contributed by atoms with Gasteiger partial charge in [-0.25, -0.2) is 4.79 Å². The van der Waals surface area contributed by atoms with E-state index in [1.807, 2.05) is 6.92 Å². The van der Waals surface area contributed by atoms with Crippen molar-refractivity contribution in [1.29, 1.82) is 0 Å².